The van der Waals surface area contributed by atoms with Crippen LogP contribution in [0.2, 0.25) is 0 Å². The second kappa shape index (κ2) is 4.89. The highest BCUT2D eigenvalue weighted by Crippen LogP contribution is 2.29. The highest BCUT2D eigenvalue weighted by atomic mass is 32.1. The molecule has 1 aliphatic rings. The summed E-state index contributed by atoms with van der Waals surface area (Å²) in [6.07, 6.45) is 1.05. The number of hydrogen-bond acceptors (Lipinski definition) is 7. The summed E-state index contributed by atoms with van der Waals surface area (Å²) in [6.45, 7) is 2.01. The lowest BCUT2D eigenvalue weighted by Gasteiger charge is -2.13. The number of hydrogen-bond donors (Lipinski definition) is 2. The Balaban J connectivity index is 2.13. The lowest BCUT2D eigenvalue weighted by atomic mass is 10.2. The minimum Gasteiger partial charge on any atom is -0.465 e. The van der Waals surface area contributed by atoms with Crippen LogP contribution in [0.5, 0.6) is 0 Å². The van der Waals surface area contributed by atoms with Crippen molar-refractivity contribution in [1.82, 2.24) is 9.27 Å². The lowest BCUT2D eigenvalue weighted by molar-refractivity contribution is 0.0603. The average molecular weight is 256 g/mol. The molecule has 0 saturated carbocycles. The molecule has 1 unspecified atom stereocenters. The molecule has 1 aromatic heterocycles. The van der Waals surface area contributed by atoms with Gasteiger partial charge in [-0.15, -0.1) is 0 Å². The van der Waals surface area contributed by atoms with Gasteiger partial charge in [0.15, 0.2) is 5.82 Å². The molecule has 94 valence electrons. The quantitative estimate of drug-likeness (QED) is 0.772. The number of carbonyl (C=O) groups is 1. The van der Waals surface area contributed by atoms with Crippen LogP contribution in [0.4, 0.5) is 10.8 Å². The number of nitrogens with zero attached hydrogens (tertiary/aromatic N) is 2. The summed E-state index contributed by atoms with van der Waals surface area (Å²) in [6, 6.07) is 0.336. The van der Waals surface area contributed by atoms with Crippen molar-refractivity contribution < 1.29 is 9.53 Å². The summed E-state index contributed by atoms with van der Waals surface area (Å²) in [5.74, 6) is -0.208. The van der Waals surface area contributed by atoms with Crippen molar-refractivity contribution in [3.05, 3.63) is 5.56 Å². The molecule has 0 bridgehead atoms. The topological polar surface area (TPSA) is 80.5 Å². The van der Waals surface area contributed by atoms with Crippen molar-refractivity contribution in [2.45, 2.75) is 12.5 Å². The van der Waals surface area contributed by atoms with E-state index in [1.165, 1.54) is 18.6 Å². The Morgan fingerprint density at radius 1 is 1.71 bits per heavy atom. The first kappa shape index (κ1) is 12.1. The van der Waals surface area contributed by atoms with Crippen molar-refractivity contribution in [1.29, 1.82) is 0 Å². The Labute approximate surface area is 104 Å². The van der Waals surface area contributed by atoms with E-state index in [2.05, 4.69) is 21.6 Å². The van der Waals surface area contributed by atoms with E-state index in [1.54, 1.807) is 0 Å². The number of nitrogens with two attached hydrogens (primary N) is 1. The standard InChI is InChI=1S/C10H16N4O2S/c1-14-4-3-6(5-14)12-9-7(10(15)16-2)8(11)13-17-9/h6,12H,3-5H2,1-2H3,(H2,11,13). The molecule has 1 fully saturated rings. The average Bonchev–Trinajstić information content (AvgIpc) is 2.86. The zero-order valence-electron chi connectivity index (χ0n) is 9.90. The summed E-state index contributed by atoms with van der Waals surface area (Å²) < 4.78 is 8.69. The second-order valence-electron chi connectivity index (χ2n) is 4.16. The Morgan fingerprint density at radius 3 is 3.06 bits per heavy atom. The molecule has 1 atom stereocenters. The fourth-order valence-electron chi connectivity index (χ4n) is 1.94. The molecule has 17 heavy (non-hydrogen) atoms. The molecule has 0 amide bonds. The third-order valence-electron chi connectivity index (χ3n) is 2.83. The van der Waals surface area contributed by atoms with Crippen LogP contribution in [0, 0.1) is 0 Å². The number of nitrogen functional groups attached to an aromatic ring is 1. The fourth-order valence-corrected chi connectivity index (χ4v) is 2.72. The van der Waals surface area contributed by atoms with Gasteiger partial charge in [-0.1, -0.05) is 0 Å². The van der Waals surface area contributed by atoms with E-state index < -0.39 is 5.97 Å². The second-order valence-corrected chi connectivity index (χ2v) is 4.93. The summed E-state index contributed by atoms with van der Waals surface area (Å²) in [7, 11) is 3.41. The lowest BCUT2D eigenvalue weighted by Crippen LogP contribution is -2.24. The number of rotatable bonds is 3. The van der Waals surface area contributed by atoms with Crippen LogP contribution < -0.4 is 11.1 Å². The maximum absolute atomic E-state index is 11.6. The molecule has 2 heterocycles. The number of methoxy groups -OCH3 is 1. The summed E-state index contributed by atoms with van der Waals surface area (Å²) >= 11 is 1.20. The molecule has 0 spiro atoms. The van der Waals surface area contributed by atoms with Gasteiger partial charge in [0.2, 0.25) is 0 Å². The first-order valence-electron chi connectivity index (χ1n) is 5.40. The normalized spacial score (nSPS) is 20.5. The van der Waals surface area contributed by atoms with Gasteiger partial charge in [-0.25, -0.2) is 4.79 Å². The Bertz CT molecular complexity index is 420. The highest BCUT2D eigenvalue weighted by Gasteiger charge is 2.25. The Morgan fingerprint density at radius 2 is 2.47 bits per heavy atom. The Kier molecular flexibility index (Phi) is 3.49. The van der Waals surface area contributed by atoms with Gasteiger partial charge >= 0.3 is 5.97 Å². The monoisotopic (exact) mass is 256 g/mol. The SMILES string of the molecule is COC(=O)c1c(N)nsc1NC1CCN(C)C1. The van der Waals surface area contributed by atoms with Gasteiger partial charge in [0, 0.05) is 12.6 Å². The van der Waals surface area contributed by atoms with Gasteiger partial charge in [-0.05, 0) is 31.5 Å². The first-order valence-corrected chi connectivity index (χ1v) is 6.17. The number of anilines is 2. The number of likely N-dealkylation sites (tertiary alicyclic amines) is 1. The van der Waals surface area contributed by atoms with Crippen molar-refractivity contribution in [2.75, 3.05) is 38.3 Å². The van der Waals surface area contributed by atoms with Gasteiger partial charge in [0.05, 0.1) is 7.11 Å². The van der Waals surface area contributed by atoms with Crippen molar-refractivity contribution in [3.8, 4) is 0 Å². The number of aromatic nitrogens is 1. The number of nitrogens with one attached hydrogen (secondary N) is 1. The van der Waals surface area contributed by atoms with Gasteiger partial charge in [0.1, 0.15) is 10.6 Å². The largest absolute Gasteiger partial charge is 0.465 e. The van der Waals surface area contributed by atoms with E-state index in [4.69, 9.17) is 10.5 Å². The first-order chi connectivity index (χ1) is 8.11. The minimum atomic E-state index is -0.440. The van der Waals surface area contributed by atoms with E-state index in [0.717, 1.165) is 19.5 Å². The van der Waals surface area contributed by atoms with E-state index in [-0.39, 0.29) is 5.82 Å². The van der Waals surface area contributed by atoms with Gasteiger partial charge in [0.25, 0.3) is 0 Å². The number of ether oxygens (including phenoxy) is 1. The maximum atomic E-state index is 11.6. The molecule has 0 aliphatic carbocycles. The summed E-state index contributed by atoms with van der Waals surface area (Å²) in [5.41, 5.74) is 6.02. The van der Waals surface area contributed by atoms with Crippen molar-refractivity contribution >= 4 is 28.3 Å². The molecule has 6 nitrogen and oxygen atoms in total. The fraction of sp³-hybridized carbons (Fsp3) is 0.600. The van der Waals surface area contributed by atoms with E-state index >= 15 is 0 Å². The minimum absolute atomic E-state index is 0.232. The molecule has 1 aromatic rings. The van der Waals surface area contributed by atoms with Crippen molar-refractivity contribution in [3.63, 3.8) is 0 Å². The van der Waals surface area contributed by atoms with E-state index in [0.29, 0.717) is 16.6 Å². The molecule has 3 N–H and O–H groups in total. The summed E-state index contributed by atoms with van der Waals surface area (Å²) in [4.78, 5) is 13.8. The maximum Gasteiger partial charge on any atom is 0.344 e. The van der Waals surface area contributed by atoms with E-state index in [9.17, 15) is 4.79 Å². The third-order valence-corrected chi connectivity index (χ3v) is 3.63. The van der Waals surface area contributed by atoms with Crippen LogP contribution in [-0.4, -0.2) is 48.5 Å². The van der Waals surface area contributed by atoms with Crippen LogP contribution >= 0.6 is 11.5 Å². The van der Waals surface area contributed by atoms with E-state index in [1.807, 2.05) is 0 Å². The molecule has 0 aromatic carbocycles. The molecular formula is C10H16N4O2S. The van der Waals surface area contributed by atoms with Crippen LogP contribution in [0.25, 0.3) is 0 Å². The van der Waals surface area contributed by atoms with Crippen LogP contribution in [0.15, 0.2) is 0 Å². The third kappa shape index (κ3) is 2.50. The zero-order chi connectivity index (χ0) is 12.4. The number of esters is 1. The van der Waals surface area contributed by atoms with Crippen LogP contribution in [0.1, 0.15) is 16.8 Å². The molecule has 7 heteroatoms. The Hall–Kier alpha value is -1.34. The van der Waals surface area contributed by atoms with Crippen LogP contribution in [-0.2, 0) is 4.74 Å². The van der Waals surface area contributed by atoms with Gasteiger partial charge in [-0.3, -0.25) is 0 Å². The highest BCUT2D eigenvalue weighted by molar-refractivity contribution is 7.11. The van der Waals surface area contributed by atoms with Gasteiger partial charge < -0.3 is 20.7 Å². The van der Waals surface area contributed by atoms with Crippen LogP contribution in [0.3, 0.4) is 0 Å². The predicted octanol–water partition coefficient (Wildman–Crippen LogP) is 0.628. The predicted molar refractivity (Wildman–Crippen MR) is 67.4 cm³/mol. The van der Waals surface area contributed by atoms with Crippen molar-refractivity contribution in [2.24, 2.45) is 0 Å². The number of likely N-dealkylation sites (N-methyl/N-ethyl adjacent to an activating group) is 1. The van der Waals surface area contributed by atoms with Gasteiger partial charge in [-0.2, -0.15) is 4.37 Å². The molecule has 2 rings (SSSR count). The molecular weight excluding hydrogens is 240 g/mol. The zero-order valence-corrected chi connectivity index (χ0v) is 10.7. The summed E-state index contributed by atoms with van der Waals surface area (Å²) in [5, 5.41) is 4.01. The smallest absolute Gasteiger partial charge is 0.344 e. The molecule has 1 aliphatic heterocycles. The molecule has 1 saturated heterocycles. The number of carbonyl (C=O) groups excluding carboxylic acids is 1. The molecule has 0 radical (unpaired) electrons.